The van der Waals surface area contributed by atoms with Gasteiger partial charge in [0.1, 0.15) is 6.04 Å². The van der Waals surface area contributed by atoms with Crippen LogP contribution < -0.4 is 5.32 Å². The number of carboxylic acids is 1. The Morgan fingerprint density at radius 2 is 2.10 bits per heavy atom. The molecule has 1 atom stereocenters. The van der Waals surface area contributed by atoms with Gasteiger partial charge in [-0.1, -0.05) is 5.21 Å². The van der Waals surface area contributed by atoms with Crippen molar-refractivity contribution >= 4 is 12.0 Å². The molecule has 1 fully saturated rings. The highest BCUT2D eigenvalue weighted by molar-refractivity contribution is 5.74. The second-order valence-corrected chi connectivity index (χ2v) is 4.52. The van der Waals surface area contributed by atoms with Crippen molar-refractivity contribution in [1.29, 1.82) is 0 Å². The Morgan fingerprint density at radius 3 is 2.65 bits per heavy atom. The Morgan fingerprint density at radius 1 is 1.40 bits per heavy atom. The zero-order valence-corrected chi connectivity index (χ0v) is 11.1. The lowest BCUT2D eigenvalue weighted by atomic mass is 10.2. The summed E-state index contributed by atoms with van der Waals surface area (Å²) < 4.78 is 0. The number of carboxylic acid groups (broad SMARTS) is 1. The van der Waals surface area contributed by atoms with Gasteiger partial charge in [0.25, 0.3) is 0 Å². The number of carbonyl (C=O) groups is 2. The number of nitrogens with one attached hydrogen (secondary N) is 2. The van der Waals surface area contributed by atoms with Gasteiger partial charge in [0, 0.05) is 26.2 Å². The maximum Gasteiger partial charge on any atom is 0.320 e. The number of H-pyrrole nitrogens is 1. The van der Waals surface area contributed by atoms with Crippen molar-refractivity contribution in [2.45, 2.75) is 19.5 Å². The van der Waals surface area contributed by atoms with E-state index in [1.807, 2.05) is 4.90 Å². The molecule has 10 heteroatoms. The predicted octanol–water partition coefficient (Wildman–Crippen LogP) is -1.50. The Bertz CT molecular complexity index is 455. The fourth-order valence-corrected chi connectivity index (χ4v) is 1.99. The first-order chi connectivity index (χ1) is 9.58. The molecule has 0 bridgehead atoms. The summed E-state index contributed by atoms with van der Waals surface area (Å²) in [6, 6.07) is -0.739. The zero-order chi connectivity index (χ0) is 14.5. The van der Waals surface area contributed by atoms with Crippen LogP contribution in [0.1, 0.15) is 12.7 Å². The molecule has 0 aromatic carbocycles. The van der Waals surface area contributed by atoms with Gasteiger partial charge < -0.3 is 15.3 Å². The number of urea groups is 1. The summed E-state index contributed by atoms with van der Waals surface area (Å²) in [5, 5.41) is 24.8. The lowest BCUT2D eigenvalue weighted by molar-refractivity contribution is -0.143. The molecule has 10 nitrogen and oxygen atoms in total. The quantitative estimate of drug-likeness (QED) is 0.613. The van der Waals surface area contributed by atoms with Crippen molar-refractivity contribution in [3.8, 4) is 0 Å². The van der Waals surface area contributed by atoms with E-state index in [0.717, 1.165) is 0 Å². The summed E-state index contributed by atoms with van der Waals surface area (Å²) in [6.45, 7) is 3.94. The number of aromatic amines is 1. The highest BCUT2D eigenvalue weighted by Crippen LogP contribution is 2.06. The van der Waals surface area contributed by atoms with Crippen LogP contribution in [0.5, 0.6) is 0 Å². The van der Waals surface area contributed by atoms with Crippen molar-refractivity contribution < 1.29 is 14.7 Å². The third-order valence-electron chi connectivity index (χ3n) is 3.29. The fourth-order valence-electron chi connectivity index (χ4n) is 1.99. The van der Waals surface area contributed by atoms with Gasteiger partial charge in [-0.2, -0.15) is 5.21 Å². The summed E-state index contributed by atoms with van der Waals surface area (Å²) in [6.07, 6.45) is 0. The smallest absolute Gasteiger partial charge is 0.320 e. The minimum atomic E-state index is -0.847. The first kappa shape index (κ1) is 14.2. The molecule has 1 aliphatic rings. The van der Waals surface area contributed by atoms with E-state index < -0.39 is 12.0 Å². The maximum absolute atomic E-state index is 11.9. The summed E-state index contributed by atoms with van der Waals surface area (Å²) in [7, 11) is 0. The Balaban J connectivity index is 1.75. The Kier molecular flexibility index (Phi) is 4.45. The number of aliphatic carboxylic acids is 1. The van der Waals surface area contributed by atoms with Crippen molar-refractivity contribution in [3.05, 3.63) is 5.82 Å². The molecular formula is C10H17N7O3. The van der Waals surface area contributed by atoms with Gasteiger partial charge in [0.2, 0.25) is 0 Å². The van der Waals surface area contributed by atoms with E-state index in [1.165, 1.54) is 0 Å². The van der Waals surface area contributed by atoms with Gasteiger partial charge in [-0.25, -0.2) is 4.79 Å². The normalized spacial score (nSPS) is 17.8. The molecule has 1 aliphatic heterocycles. The lowest BCUT2D eigenvalue weighted by Crippen LogP contribution is -2.55. The SMILES string of the molecule is CC(C(=O)O)N1CCN(C(=O)NCc2nn[nH]n2)CC1. The molecule has 2 amide bonds. The summed E-state index contributed by atoms with van der Waals surface area (Å²) in [5.74, 6) is -0.434. The lowest BCUT2D eigenvalue weighted by Gasteiger charge is -2.36. The summed E-state index contributed by atoms with van der Waals surface area (Å²) in [4.78, 5) is 26.3. The Hall–Kier alpha value is -2.23. The van der Waals surface area contributed by atoms with Gasteiger partial charge >= 0.3 is 12.0 Å². The average molecular weight is 283 g/mol. The number of piperazine rings is 1. The largest absolute Gasteiger partial charge is 0.480 e. The number of rotatable bonds is 4. The molecule has 0 radical (unpaired) electrons. The minimum Gasteiger partial charge on any atom is -0.480 e. The van der Waals surface area contributed by atoms with Crippen LogP contribution in [0.25, 0.3) is 0 Å². The molecule has 0 aliphatic carbocycles. The fraction of sp³-hybridized carbons (Fsp3) is 0.700. The second-order valence-electron chi connectivity index (χ2n) is 4.52. The third-order valence-corrected chi connectivity index (χ3v) is 3.29. The van der Waals surface area contributed by atoms with Gasteiger partial charge in [-0.15, -0.1) is 10.2 Å². The van der Waals surface area contributed by atoms with Crippen LogP contribution in [0.2, 0.25) is 0 Å². The summed E-state index contributed by atoms with van der Waals surface area (Å²) in [5.41, 5.74) is 0. The van der Waals surface area contributed by atoms with Crippen LogP contribution >= 0.6 is 0 Å². The summed E-state index contributed by atoms with van der Waals surface area (Å²) >= 11 is 0. The van der Waals surface area contributed by atoms with Crippen LogP contribution in [-0.2, 0) is 11.3 Å². The average Bonchev–Trinajstić information content (AvgIpc) is 2.97. The number of tetrazole rings is 1. The molecule has 1 saturated heterocycles. The molecule has 0 spiro atoms. The number of aromatic nitrogens is 4. The monoisotopic (exact) mass is 283 g/mol. The van der Waals surface area contributed by atoms with E-state index in [4.69, 9.17) is 5.11 Å². The van der Waals surface area contributed by atoms with Gasteiger partial charge in [0.15, 0.2) is 5.82 Å². The number of hydrogen-bond donors (Lipinski definition) is 3. The molecule has 2 heterocycles. The van der Waals surface area contributed by atoms with Crippen molar-refractivity contribution in [3.63, 3.8) is 0 Å². The first-order valence-corrected chi connectivity index (χ1v) is 6.30. The van der Waals surface area contributed by atoms with Crippen LogP contribution in [0.3, 0.4) is 0 Å². The van der Waals surface area contributed by atoms with Gasteiger partial charge in [-0.05, 0) is 6.92 Å². The van der Waals surface area contributed by atoms with Crippen molar-refractivity contribution in [2.24, 2.45) is 0 Å². The first-order valence-electron chi connectivity index (χ1n) is 6.30. The van der Waals surface area contributed by atoms with Crippen LogP contribution in [-0.4, -0.2) is 79.8 Å². The number of hydrogen-bond acceptors (Lipinski definition) is 6. The highest BCUT2D eigenvalue weighted by atomic mass is 16.4. The standard InChI is InChI=1S/C10H17N7O3/c1-7(9(18)19)16-2-4-17(5-3-16)10(20)11-6-8-12-14-15-13-8/h7H,2-6H2,1H3,(H,11,20)(H,18,19)(H,12,13,14,15). The van der Waals surface area contributed by atoms with E-state index in [2.05, 4.69) is 25.9 Å². The van der Waals surface area contributed by atoms with Crippen LogP contribution in [0, 0.1) is 0 Å². The van der Waals surface area contributed by atoms with Gasteiger partial charge in [-0.3, -0.25) is 9.69 Å². The molecule has 20 heavy (non-hydrogen) atoms. The highest BCUT2D eigenvalue weighted by Gasteiger charge is 2.27. The van der Waals surface area contributed by atoms with E-state index in [0.29, 0.717) is 32.0 Å². The molecule has 2 rings (SSSR count). The number of amides is 2. The maximum atomic E-state index is 11.9. The number of nitrogens with zero attached hydrogens (tertiary/aromatic N) is 5. The van der Waals surface area contributed by atoms with E-state index in [-0.39, 0.29) is 12.6 Å². The molecular weight excluding hydrogens is 266 g/mol. The minimum absolute atomic E-state index is 0.209. The molecule has 1 aromatic rings. The van der Waals surface area contributed by atoms with Crippen molar-refractivity contribution in [2.75, 3.05) is 26.2 Å². The van der Waals surface area contributed by atoms with Crippen molar-refractivity contribution in [1.82, 2.24) is 35.7 Å². The van der Waals surface area contributed by atoms with Crippen LogP contribution in [0.15, 0.2) is 0 Å². The van der Waals surface area contributed by atoms with Crippen LogP contribution in [0.4, 0.5) is 4.79 Å². The molecule has 110 valence electrons. The molecule has 1 unspecified atom stereocenters. The van der Waals surface area contributed by atoms with E-state index in [9.17, 15) is 9.59 Å². The van der Waals surface area contributed by atoms with E-state index in [1.54, 1.807) is 11.8 Å². The molecule has 1 aromatic heterocycles. The third kappa shape index (κ3) is 3.41. The zero-order valence-electron chi connectivity index (χ0n) is 11.1. The second kappa shape index (κ2) is 6.28. The molecule has 0 saturated carbocycles. The molecule has 3 N–H and O–H groups in total. The Labute approximate surface area is 115 Å². The van der Waals surface area contributed by atoms with Gasteiger partial charge in [0.05, 0.1) is 6.54 Å². The van der Waals surface area contributed by atoms with E-state index >= 15 is 0 Å². The topological polar surface area (TPSA) is 127 Å². The predicted molar refractivity (Wildman–Crippen MR) is 66.7 cm³/mol. The number of carbonyl (C=O) groups excluding carboxylic acids is 1.